The van der Waals surface area contributed by atoms with Crippen molar-refractivity contribution in [1.29, 1.82) is 0 Å². The Hall–Kier alpha value is -4.34. The molecule has 6 rings (SSSR count). The van der Waals surface area contributed by atoms with Gasteiger partial charge in [0.2, 0.25) is 0 Å². The number of primary amides is 1. The topological polar surface area (TPSA) is 160 Å². The fraction of sp³-hybridized carbons (Fsp3) is 0.308. The molecule has 1 aromatic carbocycles. The van der Waals surface area contributed by atoms with E-state index in [4.69, 9.17) is 14.6 Å². The number of nitrogens with zero attached hydrogens (tertiary/aromatic N) is 2. The number of aliphatic hydroxyl groups excluding tert-OH is 2. The molecule has 0 saturated carbocycles. The SMILES string of the molecule is CN(C)c1cc2nc(-c3ccco3)oc2c2c1CC1CC3CC(O)=C(C(N)=O)C(=O)C3C(O)=C1C2=O. The van der Waals surface area contributed by atoms with Gasteiger partial charge in [-0.3, -0.25) is 14.4 Å². The normalized spacial score (nSPS) is 23.6. The zero-order valence-electron chi connectivity index (χ0n) is 19.6. The molecule has 2 aromatic heterocycles. The van der Waals surface area contributed by atoms with Crippen molar-refractivity contribution in [3.05, 3.63) is 58.3 Å². The quantitative estimate of drug-likeness (QED) is 0.469. The molecule has 3 aromatic rings. The van der Waals surface area contributed by atoms with Crippen LogP contribution < -0.4 is 10.6 Å². The van der Waals surface area contributed by atoms with Crippen molar-refractivity contribution in [2.24, 2.45) is 23.5 Å². The van der Waals surface area contributed by atoms with Crippen LogP contribution in [-0.2, 0) is 16.0 Å². The minimum atomic E-state index is -1.11. The number of benzene rings is 1. The molecule has 0 spiro atoms. The number of rotatable bonds is 3. The molecule has 184 valence electrons. The Morgan fingerprint density at radius 2 is 2.00 bits per heavy atom. The summed E-state index contributed by atoms with van der Waals surface area (Å²) in [4.78, 5) is 45.3. The summed E-state index contributed by atoms with van der Waals surface area (Å²) in [5.41, 5.74) is 7.52. The van der Waals surface area contributed by atoms with Gasteiger partial charge in [0.15, 0.2) is 22.9 Å². The molecular weight excluding hydrogens is 466 g/mol. The van der Waals surface area contributed by atoms with Crippen LogP contribution in [0, 0.1) is 17.8 Å². The van der Waals surface area contributed by atoms with Gasteiger partial charge in [0.05, 0.1) is 17.7 Å². The molecule has 0 radical (unpaired) electrons. The van der Waals surface area contributed by atoms with Gasteiger partial charge in [-0.05, 0) is 48.4 Å². The largest absolute Gasteiger partial charge is 0.511 e. The number of aromatic nitrogens is 1. The van der Waals surface area contributed by atoms with Gasteiger partial charge >= 0.3 is 0 Å². The van der Waals surface area contributed by atoms with Gasteiger partial charge in [0.1, 0.15) is 22.6 Å². The first-order chi connectivity index (χ1) is 17.2. The summed E-state index contributed by atoms with van der Waals surface area (Å²) in [6.45, 7) is 0. The molecule has 0 saturated heterocycles. The van der Waals surface area contributed by atoms with Crippen LogP contribution >= 0.6 is 0 Å². The lowest BCUT2D eigenvalue weighted by Gasteiger charge is -2.41. The number of oxazole rings is 1. The Morgan fingerprint density at radius 3 is 2.67 bits per heavy atom. The number of ketones is 2. The molecule has 3 unspecified atom stereocenters. The highest BCUT2D eigenvalue weighted by Gasteiger charge is 2.50. The van der Waals surface area contributed by atoms with Crippen molar-refractivity contribution in [2.75, 3.05) is 19.0 Å². The first-order valence-corrected chi connectivity index (χ1v) is 11.6. The van der Waals surface area contributed by atoms with E-state index in [9.17, 15) is 24.6 Å². The van der Waals surface area contributed by atoms with Crippen LogP contribution in [0.1, 0.15) is 28.8 Å². The van der Waals surface area contributed by atoms with Gasteiger partial charge in [0, 0.05) is 31.8 Å². The fourth-order valence-electron chi connectivity index (χ4n) is 5.98. The lowest BCUT2D eigenvalue weighted by molar-refractivity contribution is -0.126. The third kappa shape index (κ3) is 2.96. The van der Waals surface area contributed by atoms with E-state index in [1.165, 1.54) is 6.26 Å². The Labute approximate surface area is 204 Å². The van der Waals surface area contributed by atoms with Crippen LogP contribution in [0.25, 0.3) is 22.8 Å². The minimum Gasteiger partial charge on any atom is -0.511 e. The number of aliphatic hydroxyl groups is 2. The van der Waals surface area contributed by atoms with Crippen LogP contribution in [0.5, 0.6) is 0 Å². The number of Topliss-reactive ketones (excluding diaryl/α,β-unsaturated/α-hetero) is 2. The maximum absolute atomic E-state index is 14.0. The molecule has 4 N–H and O–H groups in total. The van der Waals surface area contributed by atoms with Gasteiger partial charge < -0.3 is 29.7 Å². The molecule has 3 aliphatic carbocycles. The standard InChI is InChI=1S/C26H23N3O7/c1-29(2)14-9-13-24(36-26(28-13)16-4-3-5-35-16)19-12(14)7-10-6-11-8-15(30)20(25(27)34)23(33)18(11)21(31)17(10)22(19)32/h3-5,9-11,18,30-31H,6-8H2,1-2H3,(H2,27,34). The van der Waals surface area contributed by atoms with Crippen molar-refractivity contribution in [3.63, 3.8) is 0 Å². The van der Waals surface area contributed by atoms with E-state index < -0.39 is 34.9 Å². The smallest absolute Gasteiger partial charge is 0.263 e. The Balaban J connectivity index is 1.55. The van der Waals surface area contributed by atoms with Gasteiger partial charge in [-0.15, -0.1) is 0 Å². The van der Waals surface area contributed by atoms with Crippen LogP contribution in [0.2, 0.25) is 0 Å². The summed E-state index contributed by atoms with van der Waals surface area (Å²) < 4.78 is 11.4. The second kappa shape index (κ2) is 7.58. The maximum atomic E-state index is 14.0. The number of hydrogen-bond acceptors (Lipinski definition) is 9. The van der Waals surface area contributed by atoms with Crippen LogP contribution in [-0.4, -0.2) is 46.8 Å². The summed E-state index contributed by atoms with van der Waals surface area (Å²) in [6, 6.07) is 5.26. The lowest BCUT2D eigenvalue weighted by Crippen LogP contribution is -2.43. The van der Waals surface area contributed by atoms with Crippen molar-refractivity contribution in [1.82, 2.24) is 4.98 Å². The molecule has 36 heavy (non-hydrogen) atoms. The summed E-state index contributed by atoms with van der Waals surface area (Å²) >= 11 is 0. The van der Waals surface area contributed by atoms with E-state index >= 15 is 0 Å². The van der Waals surface area contributed by atoms with Crippen molar-refractivity contribution in [3.8, 4) is 11.7 Å². The molecular formula is C26H23N3O7. The lowest BCUT2D eigenvalue weighted by atomic mass is 9.62. The van der Waals surface area contributed by atoms with Gasteiger partial charge in [0.25, 0.3) is 11.8 Å². The van der Waals surface area contributed by atoms with E-state index in [2.05, 4.69) is 4.98 Å². The molecule has 2 heterocycles. The third-order valence-corrected chi connectivity index (χ3v) is 7.46. The van der Waals surface area contributed by atoms with E-state index in [-0.39, 0.29) is 46.5 Å². The second-order valence-electron chi connectivity index (χ2n) is 9.75. The molecule has 3 aliphatic rings. The number of carbonyl (C=O) groups is 3. The Bertz CT molecular complexity index is 1540. The highest BCUT2D eigenvalue weighted by atomic mass is 16.4. The minimum absolute atomic E-state index is 0.0255. The molecule has 10 nitrogen and oxygen atoms in total. The van der Waals surface area contributed by atoms with Gasteiger partial charge in [-0.1, -0.05) is 0 Å². The number of anilines is 1. The fourth-order valence-corrected chi connectivity index (χ4v) is 5.98. The number of amides is 1. The number of fused-ring (bicyclic) bond motifs is 5. The van der Waals surface area contributed by atoms with Gasteiger partial charge in [-0.25, -0.2) is 4.98 Å². The summed E-state index contributed by atoms with van der Waals surface area (Å²) in [7, 11) is 3.74. The molecule has 10 heteroatoms. The van der Waals surface area contributed by atoms with E-state index in [0.29, 0.717) is 24.1 Å². The molecule has 0 fully saturated rings. The number of furan rings is 1. The van der Waals surface area contributed by atoms with E-state index in [1.807, 2.05) is 25.1 Å². The number of carbonyl (C=O) groups excluding carboxylic acids is 3. The number of allylic oxidation sites excluding steroid dienone is 3. The zero-order chi connectivity index (χ0) is 25.5. The monoisotopic (exact) mass is 489 g/mol. The van der Waals surface area contributed by atoms with Crippen LogP contribution in [0.15, 0.2) is 56.0 Å². The first-order valence-electron chi connectivity index (χ1n) is 11.6. The highest BCUT2D eigenvalue weighted by molar-refractivity contribution is 6.23. The molecule has 3 atom stereocenters. The number of nitrogens with two attached hydrogens (primary N) is 1. The van der Waals surface area contributed by atoms with Crippen LogP contribution in [0.3, 0.4) is 0 Å². The second-order valence-corrected chi connectivity index (χ2v) is 9.75. The highest BCUT2D eigenvalue weighted by Crippen LogP contribution is 2.50. The number of hydrogen-bond donors (Lipinski definition) is 3. The first kappa shape index (κ1) is 22.1. The summed E-state index contributed by atoms with van der Waals surface area (Å²) in [5, 5.41) is 21.6. The molecule has 0 aliphatic heterocycles. The Morgan fingerprint density at radius 1 is 1.22 bits per heavy atom. The molecule has 0 bridgehead atoms. The average Bonchev–Trinajstić information content (AvgIpc) is 3.47. The summed E-state index contributed by atoms with van der Waals surface area (Å²) in [6.07, 6.45) is 2.33. The van der Waals surface area contributed by atoms with Crippen molar-refractivity contribution < 1.29 is 33.4 Å². The summed E-state index contributed by atoms with van der Waals surface area (Å²) in [5.74, 6) is -4.29. The van der Waals surface area contributed by atoms with E-state index in [0.717, 1.165) is 11.3 Å². The van der Waals surface area contributed by atoms with E-state index in [1.54, 1.807) is 12.1 Å². The average molecular weight is 489 g/mol. The van der Waals surface area contributed by atoms with Gasteiger partial charge in [-0.2, -0.15) is 0 Å². The predicted octanol–water partition coefficient (Wildman–Crippen LogP) is 3.23. The predicted molar refractivity (Wildman–Crippen MR) is 127 cm³/mol. The zero-order valence-corrected chi connectivity index (χ0v) is 19.6. The van der Waals surface area contributed by atoms with Crippen LogP contribution in [0.4, 0.5) is 5.69 Å². The van der Waals surface area contributed by atoms with Crippen molar-refractivity contribution >= 4 is 34.3 Å². The maximum Gasteiger partial charge on any atom is 0.263 e. The Kier molecular flexibility index (Phi) is 4.66. The van der Waals surface area contributed by atoms with Crippen molar-refractivity contribution in [2.45, 2.75) is 19.3 Å². The molecule has 1 amide bonds. The third-order valence-electron chi connectivity index (χ3n) is 7.46.